The van der Waals surface area contributed by atoms with Gasteiger partial charge in [0, 0.05) is 36.1 Å². The number of amides is 1. The Labute approximate surface area is 207 Å². The number of hydrogen-bond donors (Lipinski definition) is 3. The van der Waals surface area contributed by atoms with Gasteiger partial charge in [-0.05, 0) is 49.1 Å². The summed E-state index contributed by atoms with van der Waals surface area (Å²) in [6.07, 6.45) is 1.95. The molecule has 0 spiro atoms. The number of benzene rings is 1. The third kappa shape index (κ3) is 5.56. The first kappa shape index (κ1) is 23.9. The van der Waals surface area contributed by atoms with Crippen LogP contribution in [0, 0.1) is 5.82 Å². The SMILES string of the molecule is COc1ccc2cc(C[C@H](N)[C@@H]3CC[C@@H](NCc4ccc5c(n4)NC(=O)CS5)CO3)c(F)cc2n1. The van der Waals surface area contributed by atoms with E-state index in [-0.39, 0.29) is 29.9 Å². The minimum Gasteiger partial charge on any atom is -0.481 e. The number of nitrogens with one attached hydrogen (secondary N) is 2. The maximum Gasteiger partial charge on any atom is 0.235 e. The van der Waals surface area contributed by atoms with Gasteiger partial charge >= 0.3 is 0 Å². The summed E-state index contributed by atoms with van der Waals surface area (Å²) < 4.78 is 25.9. The van der Waals surface area contributed by atoms with Crippen LogP contribution in [0.4, 0.5) is 10.2 Å². The number of aromatic nitrogens is 2. The maximum atomic E-state index is 14.7. The summed E-state index contributed by atoms with van der Waals surface area (Å²) in [5.41, 5.74) is 8.41. The summed E-state index contributed by atoms with van der Waals surface area (Å²) in [7, 11) is 1.53. The van der Waals surface area contributed by atoms with Crippen LogP contribution in [0.2, 0.25) is 0 Å². The molecule has 10 heteroatoms. The van der Waals surface area contributed by atoms with E-state index in [2.05, 4.69) is 20.6 Å². The fourth-order valence-corrected chi connectivity index (χ4v) is 5.21. The Morgan fingerprint density at radius 3 is 2.97 bits per heavy atom. The molecular formula is C25H28FN5O3S. The number of halogens is 1. The van der Waals surface area contributed by atoms with Crippen molar-refractivity contribution in [2.75, 3.05) is 24.8 Å². The molecule has 1 aromatic carbocycles. The third-order valence-corrected chi connectivity index (χ3v) is 7.44. The van der Waals surface area contributed by atoms with Gasteiger partial charge in [-0.15, -0.1) is 11.8 Å². The average molecular weight is 498 g/mol. The standard InChI is InChI=1S/C25H28FN5O3S/c1-33-24-7-2-14-8-15(18(26)10-20(14)30-24)9-19(27)21-5-3-17(12-34-21)28-11-16-4-6-22-25(29-16)31-23(32)13-35-22/h2,4,6-8,10,17,19,21,28H,3,5,9,11-13,27H2,1H3,(H,29,31,32)/t17-,19+,21+/m1/s1. The van der Waals surface area contributed by atoms with Crippen LogP contribution in [0.3, 0.4) is 0 Å². The minimum absolute atomic E-state index is 0.0244. The van der Waals surface area contributed by atoms with E-state index in [0.717, 1.165) is 28.8 Å². The number of nitrogens with two attached hydrogens (primary N) is 1. The number of carbonyl (C=O) groups excluding carboxylic acids is 1. The van der Waals surface area contributed by atoms with E-state index in [4.69, 9.17) is 15.2 Å². The Bertz CT molecular complexity index is 1240. The van der Waals surface area contributed by atoms with E-state index in [1.54, 1.807) is 12.1 Å². The highest BCUT2D eigenvalue weighted by molar-refractivity contribution is 8.00. The van der Waals surface area contributed by atoms with Crippen molar-refractivity contribution < 1.29 is 18.7 Å². The van der Waals surface area contributed by atoms with Crippen LogP contribution in [0.5, 0.6) is 5.88 Å². The molecule has 0 saturated carbocycles. The summed E-state index contributed by atoms with van der Waals surface area (Å²) in [5.74, 6) is 1.16. The zero-order valence-corrected chi connectivity index (χ0v) is 20.2. The smallest absolute Gasteiger partial charge is 0.235 e. The van der Waals surface area contributed by atoms with Gasteiger partial charge in [0.1, 0.15) is 11.6 Å². The predicted molar refractivity (Wildman–Crippen MR) is 133 cm³/mol. The van der Waals surface area contributed by atoms with Crippen LogP contribution in [0.15, 0.2) is 41.3 Å². The minimum atomic E-state index is -0.323. The lowest BCUT2D eigenvalue weighted by atomic mass is 9.94. The highest BCUT2D eigenvalue weighted by Crippen LogP contribution is 2.30. The first-order valence-electron chi connectivity index (χ1n) is 11.6. The monoisotopic (exact) mass is 497 g/mol. The summed E-state index contributed by atoms with van der Waals surface area (Å²) in [5, 5.41) is 7.15. The molecule has 2 aliphatic heterocycles. The molecule has 0 unspecified atom stereocenters. The first-order chi connectivity index (χ1) is 17.0. The number of hydrogen-bond acceptors (Lipinski definition) is 8. The van der Waals surface area contributed by atoms with Gasteiger partial charge in [0.2, 0.25) is 11.8 Å². The molecule has 2 aliphatic rings. The molecule has 2 aromatic heterocycles. The van der Waals surface area contributed by atoms with Gasteiger partial charge < -0.3 is 25.8 Å². The number of thioether (sulfide) groups is 1. The van der Waals surface area contributed by atoms with E-state index in [9.17, 15) is 9.18 Å². The summed E-state index contributed by atoms with van der Waals surface area (Å²) >= 11 is 1.50. The van der Waals surface area contributed by atoms with Crippen molar-refractivity contribution in [3.05, 3.63) is 53.5 Å². The van der Waals surface area contributed by atoms with Crippen molar-refractivity contribution >= 4 is 34.4 Å². The molecule has 1 amide bonds. The van der Waals surface area contributed by atoms with Gasteiger partial charge in [0.25, 0.3) is 0 Å². The van der Waals surface area contributed by atoms with E-state index in [1.165, 1.54) is 24.9 Å². The fraction of sp³-hybridized carbons (Fsp3) is 0.400. The van der Waals surface area contributed by atoms with Gasteiger partial charge in [-0.2, -0.15) is 0 Å². The molecule has 3 atom stereocenters. The normalized spacial score (nSPS) is 20.8. The van der Waals surface area contributed by atoms with Gasteiger partial charge in [0.05, 0.1) is 41.7 Å². The summed E-state index contributed by atoms with van der Waals surface area (Å²) in [6.45, 7) is 1.11. The van der Waals surface area contributed by atoms with E-state index in [0.29, 0.717) is 48.1 Å². The fourth-order valence-electron chi connectivity index (χ4n) is 4.45. The van der Waals surface area contributed by atoms with Gasteiger partial charge in [0.15, 0.2) is 0 Å². The topological polar surface area (TPSA) is 111 Å². The number of nitrogens with zero attached hydrogens (tertiary/aromatic N) is 2. The Hall–Kier alpha value is -2.79. The van der Waals surface area contributed by atoms with Crippen LogP contribution in [0.25, 0.3) is 10.9 Å². The molecule has 0 aliphatic carbocycles. The maximum absolute atomic E-state index is 14.7. The van der Waals surface area contributed by atoms with Crippen LogP contribution in [-0.4, -0.2) is 53.5 Å². The first-order valence-corrected chi connectivity index (χ1v) is 12.6. The molecule has 5 rings (SSSR count). The van der Waals surface area contributed by atoms with Gasteiger partial charge in [-0.25, -0.2) is 14.4 Å². The summed E-state index contributed by atoms with van der Waals surface area (Å²) in [4.78, 5) is 21.4. The van der Waals surface area contributed by atoms with Gasteiger partial charge in [-0.1, -0.05) is 0 Å². The molecule has 0 radical (unpaired) electrons. The Morgan fingerprint density at radius 1 is 1.29 bits per heavy atom. The number of pyridine rings is 2. The lowest BCUT2D eigenvalue weighted by Gasteiger charge is -2.33. The number of carbonyl (C=O) groups is 1. The molecule has 1 saturated heterocycles. The molecule has 3 aromatic rings. The lowest BCUT2D eigenvalue weighted by molar-refractivity contribution is -0.113. The molecular weight excluding hydrogens is 469 g/mol. The molecule has 8 nitrogen and oxygen atoms in total. The number of fused-ring (bicyclic) bond motifs is 2. The van der Waals surface area contributed by atoms with Crippen molar-refractivity contribution in [1.82, 2.24) is 15.3 Å². The van der Waals surface area contributed by atoms with E-state index < -0.39 is 0 Å². The molecule has 0 bridgehead atoms. The van der Waals surface area contributed by atoms with Crippen molar-refractivity contribution in [3.63, 3.8) is 0 Å². The third-order valence-electron chi connectivity index (χ3n) is 6.39. The van der Waals surface area contributed by atoms with Crippen molar-refractivity contribution in [1.29, 1.82) is 0 Å². The molecule has 35 heavy (non-hydrogen) atoms. The highest BCUT2D eigenvalue weighted by Gasteiger charge is 2.27. The lowest BCUT2D eigenvalue weighted by Crippen LogP contribution is -2.47. The average Bonchev–Trinajstić information content (AvgIpc) is 2.87. The highest BCUT2D eigenvalue weighted by atomic mass is 32.2. The number of methoxy groups -OCH3 is 1. The summed E-state index contributed by atoms with van der Waals surface area (Å²) in [6, 6.07) is 10.7. The largest absolute Gasteiger partial charge is 0.481 e. The molecule has 184 valence electrons. The zero-order chi connectivity index (χ0) is 24.4. The predicted octanol–water partition coefficient (Wildman–Crippen LogP) is 3.03. The Kier molecular flexibility index (Phi) is 7.14. The molecule has 1 fully saturated rings. The van der Waals surface area contributed by atoms with E-state index >= 15 is 0 Å². The van der Waals surface area contributed by atoms with Crippen LogP contribution < -0.4 is 21.1 Å². The van der Waals surface area contributed by atoms with Crippen LogP contribution in [0.1, 0.15) is 24.1 Å². The second-order valence-corrected chi connectivity index (χ2v) is 9.89. The van der Waals surface area contributed by atoms with Crippen molar-refractivity contribution in [2.45, 2.75) is 48.9 Å². The second-order valence-electron chi connectivity index (χ2n) is 8.87. The molecule has 4 N–H and O–H groups in total. The van der Waals surface area contributed by atoms with Crippen LogP contribution in [-0.2, 0) is 22.5 Å². The Morgan fingerprint density at radius 2 is 2.17 bits per heavy atom. The van der Waals surface area contributed by atoms with E-state index in [1.807, 2.05) is 18.2 Å². The number of ether oxygens (including phenoxy) is 2. The quantitative estimate of drug-likeness (QED) is 0.457. The van der Waals surface area contributed by atoms with Crippen molar-refractivity contribution in [3.8, 4) is 5.88 Å². The number of anilines is 1. The van der Waals surface area contributed by atoms with Gasteiger partial charge in [-0.3, -0.25) is 4.79 Å². The molecule has 4 heterocycles. The second kappa shape index (κ2) is 10.4. The number of rotatable bonds is 7. The zero-order valence-electron chi connectivity index (χ0n) is 19.4. The van der Waals surface area contributed by atoms with Crippen LogP contribution >= 0.6 is 11.8 Å². The Balaban J connectivity index is 1.13. The van der Waals surface area contributed by atoms with Crippen molar-refractivity contribution in [2.24, 2.45) is 5.73 Å².